The third-order valence-electron chi connectivity index (χ3n) is 1.48. The van der Waals surface area contributed by atoms with E-state index in [1.54, 1.807) is 0 Å². The number of nitrogens with zero attached hydrogens (tertiary/aromatic N) is 2. The van der Waals surface area contributed by atoms with Crippen molar-refractivity contribution in [3.05, 3.63) is 24.3 Å². The van der Waals surface area contributed by atoms with Crippen LogP contribution >= 0.6 is 11.5 Å². The summed E-state index contributed by atoms with van der Waals surface area (Å²) in [4.78, 5) is 0. The van der Waals surface area contributed by atoms with Gasteiger partial charge < -0.3 is 0 Å². The van der Waals surface area contributed by atoms with Crippen molar-refractivity contribution in [3.63, 3.8) is 0 Å². The van der Waals surface area contributed by atoms with Gasteiger partial charge in [-0.3, -0.25) is 0 Å². The lowest BCUT2D eigenvalue weighted by Gasteiger charge is -1.77. The maximum atomic E-state index is 4.15. The van der Waals surface area contributed by atoms with Crippen molar-refractivity contribution in [3.8, 4) is 0 Å². The molecular formula is C7H7N2S+. The Balaban J connectivity index is 2.93. The van der Waals surface area contributed by atoms with Gasteiger partial charge in [-0.05, 0) is 6.07 Å². The Morgan fingerprint density at radius 1 is 1.40 bits per heavy atom. The molecular weight excluding hydrogens is 144 g/mol. The van der Waals surface area contributed by atoms with Gasteiger partial charge in [0.25, 0.3) is 5.52 Å². The van der Waals surface area contributed by atoms with Crippen LogP contribution in [0.3, 0.4) is 0 Å². The largest absolute Gasteiger partial charge is 0.251 e. The Morgan fingerprint density at radius 3 is 3.00 bits per heavy atom. The van der Waals surface area contributed by atoms with E-state index in [9.17, 15) is 0 Å². The van der Waals surface area contributed by atoms with Gasteiger partial charge in [0.05, 0.1) is 4.49 Å². The molecule has 0 aliphatic rings. The molecule has 0 radical (unpaired) electrons. The zero-order chi connectivity index (χ0) is 6.97. The number of para-hydroxylation sites is 1. The van der Waals surface area contributed by atoms with Crippen LogP contribution in [0.1, 0.15) is 0 Å². The van der Waals surface area contributed by atoms with Crippen molar-refractivity contribution >= 4 is 21.7 Å². The van der Waals surface area contributed by atoms with Crippen LogP contribution in [0.25, 0.3) is 10.2 Å². The molecule has 0 aliphatic heterocycles. The van der Waals surface area contributed by atoms with E-state index < -0.39 is 0 Å². The topological polar surface area (TPSA) is 16.8 Å². The van der Waals surface area contributed by atoms with Crippen LogP contribution in [0.4, 0.5) is 0 Å². The highest BCUT2D eigenvalue weighted by Gasteiger charge is 2.05. The normalized spacial score (nSPS) is 10.5. The number of hydrogen-bond donors (Lipinski definition) is 0. The van der Waals surface area contributed by atoms with E-state index in [2.05, 4.69) is 16.6 Å². The average Bonchev–Trinajstić information content (AvgIpc) is 2.34. The average molecular weight is 151 g/mol. The maximum Gasteiger partial charge on any atom is 0.251 e. The molecule has 10 heavy (non-hydrogen) atoms. The highest BCUT2D eigenvalue weighted by Crippen LogP contribution is 2.11. The third-order valence-corrected chi connectivity index (χ3v) is 2.34. The first-order chi connectivity index (χ1) is 4.88. The van der Waals surface area contributed by atoms with Crippen molar-refractivity contribution < 1.29 is 4.68 Å². The molecule has 0 bridgehead atoms. The summed E-state index contributed by atoms with van der Waals surface area (Å²) in [5.74, 6) is 0. The third kappa shape index (κ3) is 0.708. The van der Waals surface area contributed by atoms with Crippen LogP contribution in [-0.2, 0) is 7.05 Å². The van der Waals surface area contributed by atoms with Gasteiger partial charge in [-0.15, -0.1) is 0 Å². The maximum absolute atomic E-state index is 4.15. The Morgan fingerprint density at radius 2 is 2.20 bits per heavy atom. The number of aryl methyl sites for hydroxylation is 1. The fourth-order valence-corrected chi connectivity index (χ4v) is 1.68. The van der Waals surface area contributed by atoms with E-state index in [4.69, 9.17) is 0 Å². The summed E-state index contributed by atoms with van der Waals surface area (Å²) in [6, 6.07) is 8.20. The van der Waals surface area contributed by atoms with Crippen LogP contribution < -0.4 is 4.68 Å². The SMILES string of the molecule is C[n+]1nsc2ccccc21. The zero-order valence-electron chi connectivity index (χ0n) is 5.61. The minimum atomic E-state index is 1.20. The van der Waals surface area contributed by atoms with E-state index in [-0.39, 0.29) is 0 Å². The van der Waals surface area contributed by atoms with Crippen LogP contribution in [-0.4, -0.2) is 4.49 Å². The molecule has 1 aromatic carbocycles. The molecule has 1 aromatic heterocycles. The van der Waals surface area contributed by atoms with Crippen molar-refractivity contribution in [1.29, 1.82) is 0 Å². The molecule has 50 valence electrons. The summed E-state index contributed by atoms with van der Waals surface area (Å²) in [6.07, 6.45) is 0. The molecule has 2 rings (SSSR count). The van der Waals surface area contributed by atoms with E-state index in [0.29, 0.717) is 0 Å². The smallest absolute Gasteiger partial charge is 0.0744 e. The molecule has 0 aliphatic carbocycles. The molecule has 1 heterocycles. The monoisotopic (exact) mass is 151 g/mol. The van der Waals surface area contributed by atoms with Crippen LogP contribution in [0.2, 0.25) is 0 Å². The number of aromatic nitrogens is 2. The van der Waals surface area contributed by atoms with Gasteiger partial charge in [-0.25, -0.2) is 0 Å². The molecule has 2 nitrogen and oxygen atoms in total. The van der Waals surface area contributed by atoms with Gasteiger partial charge in [0.1, 0.15) is 4.70 Å². The second kappa shape index (κ2) is 2.02. The van der Waals surface area contributed by atoms with Crippen LogP contribution in [0.5, 0.6) is 0 Å². The Kier molecular flexibility index (Phi) is 1.17. The number of fused-ring (bicyclic) bond motifs is 1. The lowest BCUT2D eigenvalue weighted by atomic mass is 10.3. The second-order valence-electron chi connectivity index (χ2n) is 2.16. The Labute approximate surface area is 62.9 Å². The Hall–Kier alpha value is -0.960. The first-order valence-electron chi connectivity index (χ1n) is 3.08. The molecule has 2 aromatic rings. The summed E-state index contributed by atoms with van der Waals surface area (Å²) in [7, 11) is 1.96. The zero-order valence-corrected chi connectivity index (χ0v) is 6.43. The lowest BCUT2D eigenvalue weighted by Crippen LogP contribution is -2.29. The van der Waals surface area contributed by atoms with Gasteiger partial charge in [0.15, 0.2) is 7.05 Å². The van der Waals surface area contributed by atoms with E-state index >= 15 is 0 Å². The molecule has 0 spiro atoms. The van der Waals surface area contributed by atoms with Gasteiger partial charge >= 0.3 is 0 Å². The standard InChI is InChI=1S/C7H7N2S/c1-9-6-4-2-3-5-7(6)10-8-9/h2-5H,1H3/q+1. The molecule has 0 unspecified atom stereocenters. The molecule has 0 atom stereocenters. The summed E-state index contributed by atoms with van der Waals surface area (Å²) < 4.78 is 7.28. The number of rotatable bonds is 0. The molecule has 0 N–H and O–H groups in total. The first-order valence-corrected chi connectivity index (χ1v) is 3.86. The second-order valence-corrected chi connectivity index (χ2v) is 2.95. The molecule has 0 amide bonds. The lowest BCUT2D eigenvalue weighted by molar-refractivity contribution is -0.698. The quantitative estimate of drug-likeness (QED) is 0.515. The van der Waals surface area contributed by atoms with Crippen molar-refractivity contribution in [2.45, 2.75) is 0 Å². The van der Waals surface area contributed by atoms with Crippen LogP contribution in [0.15, 0.2) is 24.3 Å². The summed E-state index contributed by atoms with van der Waals surface area (Å²) in [5.41, 5.74) is 1.20. The minimum Gasteiger partial charge on any atom is -0.0744 e. The molecule has 3 heteroatoms. The molecule has 0 saturated carbocycles. The summed E-state index contributed by atoms with van der Waals surface area (Å²) in [6.45, 7) is 0. The highest BCUT2D eigenvalue weighted by molar-refractivity contribution is 7.12. The van der Waals surface area contributed by atoms with Crippen molar-refractivity contribution in [1.82, 2.24) is 4.49 Å². The molecule has 0 saturated heterocycles. The van der Waals surface area contributed by atoms with E-state index in [0.717, 1.165) is 0 Å². The Bertz CT molecular complexity index is 353. The minimum absolute atomic E-state index is 1.20. The number of hydrogen-bond acceptors (Lipinski definition) is 2. The van der Waals surface area contributed by atoms with Gasteiger partial charge in [-0.1, -0.05) is 16.8 Å². The number of benzene rings is 1. The van der Waals surface area contributed by atoms with Gasteiger partial charge in [0.2, 0.25) is 0 Å². The predicted molar refractivity (Wildman–Crippen MR) is 40.8 cm³/mol. The van der Waals surface area contributed by atoms with E-state index in [1.165, 1.54) is 21.7 Å². The predicted octanol–water partition coefficient (Wildman–Crippen LogP) is 1.12. The van der Waals surface area contributed by atoms with Gasteiger partial charge in [0, 0.05) is 17.6 Å². The van der Waals surface area contributed by atoms with Crippen molar-refractivity contribution in [2.24, 2.45) is 7.05 Å². The van der Waals surface area contributed by atoms with Crippen molar-refractivity contribution in [2.75, 3.05) is 0 Å². The summed E-state index contributed by atoms with van der Waals surface area (Å²) >= 11 is 1.53. The fourth-order valence-electron chi connectivity index (χ4n) is 0.951. The fraction of sp³-hybridized carbons (Fsp3) is 0.143. The van der Waals surface area contributed by atoms with Gasteiger partial charge in [-0.2, -0.15) is 0 Å². The highest BCUT2D eigenvalue weighted by atomic mass is 32.1. The first kappa shape index (κ1) is 5.80. The summed E-state index contributed by atoms with van der Waals surface area (Å²) in [5, 5.41) is 0. The molecule has 0 fully saturated rings. The van der Waals surface area contributed by atoms with Crippen LogP contribution in [0, 0.1) is 0 Å². The van der Waals surface area contributed by atoms with E-state index in [1.807, 2.05) is 23.9 Å².